The third-order valence-electron chi connectivity index (χ3n) is 7.06. The number of ether oxygens (including phenoxy) is 1. The van der Waals surface area contributed by atoms with Crippen LogP contribution in [0.4, 0.5) is 4.79 Å². The van der Waals surface area contributed by atoms with Gasteiger partial charge in [-0.1, -0.05) is 92.7 Å². The first-order valence-corrected chi connectivity index (χ1v) is 13.6. The van der Waals surface area contributed by atoms with Crippen LogP contribution in [0.3, 0.4) is 0 Å². The van der Waals surface area contributed by atoms with Crippen LogP contribution in [0.15, 0.2) is 78.9 Å². The zero-order valence-corrected chi connectivity index (χ0v) is 23.2. The van der Waals surface area contributed by atoms with E-state index in [0.29, 0.717) is 13.0 Å². The number of likely N-dealkylation sites (N-methyl/N-ethyl adjacent to an activating group) is 1. The molecule has 0 saturated carbocycles. The van der Waals surface area contributed by atoms with Gasteiger partial charge in [-0.25, -0.2) is 9.59 Å². The molecule has 0 heterocycles. The molecular formula is C32H37N3O5. The van der Waals surface area contributed by atoms with Crippen LogP contribution in [-0.4, -0.2) is 60.3 Å². The number of hydrogen-bond acceptors (Lipinski definition) is 5. The number of alkyl carbamates (subject to hydrolysis) is 1. The Morgan fingerprint density at radius 3 is 2.00 bits per heavy atom. The molecule has 0 saturated heterocycles. The number of amides is 2. The fourth-order valence-electron chi connectivity index (χ4n) is 5.21. The average molecular weight is 544 g/mol. The Morgan fingerprint density at radius 2 is 1.43 bits per heavy atom. The molecule has 8 heteroatoms. The quantitative estimate of drug-likeness (QED) is 0.307. The Balaban J connectivity index is 1.37. The minimum atomic E-state index is -1.14. The smallest absolute Gasteiger partial charge is 0.407 e. The summed E-state index contributed by atoms with van der Waals surface area (Å²) in [6.45, 7) is 4.63. The molecular weight excluding hydrogens is 506 g/mol. The van der Waals surface area contributed by atoms with Gasteiger partial charge < -0.3 is 20.5 Å². The van der Waals surface area contributed by atoms with Crippen LogP contribution < -0.4 is 10.6 Å². The first-order chi connectivity index (χ1) is 19.2. The highest BCUT2D eigenvalue weighted by Crippen LogP contribution is 2.44. The summed E-state index contributed by atoms with van der Waals surface area (Å²) in [5.41, 5.74) is 5.48. The van der Waals surface area contributed by atoms with Gasteiger partial charge in [-0.3, -0.25) is 9.69 Å². The molecule has 8 nitrogen and oxygen atoms in total. The first kappa shape index (κ1) is 28.8. The summed E-state index contributed by atoms with van der Waals surface area (Å²) in [4.78, 5) is 39.9. The van der Waals surface area contributed by atoms with Crippen LogP contribution in [0.2, 0.25) is 0 Å². The number of carbonyl (C=O) groups excluding carboxylic acids is 2. The molecule has 0 bridgehead atoms. The lowest BCUT2D eigenvalue weighted by molar-refractivity contribution is -0.142. The molecule has 0 radical (unpaired) electrons. The van der Waals surface area contributed by atoms with Crippen LogP contribution in [0, 0.1) is 5.92 Å². The fourth-order valence-corrected chi connectivity index (χ4v) is 5.21. The van der Waals surface area contributed by atoms with Crippen LogP contribution >= 0.6 is 0 Å². The molecule has 3 aromatic carbocycles. The molecule has 2 amide bonds. The van der Waals surface area contributed by atoms with E-state index in [1.54, 1.807) is 7.05 Å². The highest BCUT2D eigenvalue weighted by molar-refractivity contribution is 5.89. The number of carboxylic acid groups (broad SMARTS) is 1. The molecule has 0 aromatic heterocycles. The van der Waals surface area contributed by atoms with E-state index in [0.717, 1.165) is 27.8 Å². The van der Waals surface area contributed by atoms with Gasteiger partial charge >= 0.3 is 12.1 Å². The number of nitrogens with one attached hydrogen (secondary N) is 2. The molecule has 1 aliphatic carbocycles. The van der Waals surface area contributed by atoms with Gasteiger partial charge in [0.15, 0.2) is 0 Å². The van der Waals surface area contributed by atoms with E-state index < -0.39 is 30.1 Å². The molecule has 2 atom stereocenters. The Bertz CT molecular complexity index is 1280. The monoisotopic (exact) mass is 543 g/mol. The summed E-state index contributed by atoms with van der Waals surface area (Å²) < 4.78 is 5.63. The zero-order chi connectivity index (χ0) is 28.6. The molecule has 1 aliphatic rings. The average Bonchev–Trinajstić information content (AvgIpc) is 3.25. The Hall–Kier alpha value is -4.17. The van der Waals surface area contributed by atoms with E-state index in [1.807, 2.05) is 85.5 Å². The van der Waals surface area contributed by atoms with Gasteiger partial charge in [0.2, 0.25) is 5.91 Å². The number of carboxylic acids is 1. The number of hydrogen-bond donors (Lipinski definition) is 3. The molecule has 3 aromatic rings. The fraction of sp³-hybridized carbons (Fsp3) is 0.344. The van der Waals surface area contributed by atoms with Crippen LogP contribution in [0.5, 0.6) is 0 Å². The number of aliphatic carboxylic acids is 1. The van der Waals surface area contributed by atoms with Crippen LogP contribution in [0.1, 0.15) is 42.9 Å². The summed E-state index contributed by atoms with van der Waals surface area (Å²) in [7, 11) is 1.80. The summed E-state index contributed by atoms with van der Waals surface area (Å²) >= 11 is 0. The standard InChI is InChI=1S/C32H37N3O5/c1-21(2)17-28(30(36)33-29(31(37)38)19-35(3)18-22-11-5-4-6-12-22)34-32(39)40-20-27-25-15-9-7-13-23(25)24-14-8-10-16-26(24)27/h4-16,21,27-29H,17-20H2,1-3H3,(H,33,36)(H,34,39)(H,37,38)/t28-,29?/m0/s1. The molecule has 40 heavy (non-hydrogen) atoms. The maximum atomic E-state index is 13.2. The van der Waals surface area contributed by atoms with E-state index in [-0.39, 0.29) is 25.0 Å². The number of carbonyl (C=O) groups is 3. The molecule has 210 valence electrons. The van der Waals surface area contributed by atoms with Gasteiger partial charge in [0.05, 0.1) is 0 Å². The SMILES string of the molecule is CC(C)C[C@H](NC(=O)OCC1c2ccccc2-c2ccccc21)C(=O)NC(CN(C)Cc1ccccc1)C(=O)O. The third kappa shape index (κ3) is 7.27. The summed E-state index contributed by atoms with van der Waals surface area (Å²) in [5.74, 6) is -1.72. The second kappa shape index (κ2) is 13.3. The maximum Gasteiger partial charge on any atom is 0.407 e. The van der Waals surface area contributed by atoms with Crippen molar-refractivity contribution >= 4 is 18.0 Å². The summed E-state index contributed by atoms with van der Waals surface area (Å²) in [6, 6.07) is 23.7. The predicted octanol–water partition coefficient (Wildman–Crippen LogP) is 4.64. The number of fused-ring (bicyclic) bond motifs is 3. The minimum absolute atomic E-state index is 0.0775. The lowest BCUT2D eigenvalue weighted by Crippen LogP contribution is -2.54. The normalized spacial score (nSPS) is 13.8. The van der Waals surface area contributed by atoms with E-state index >= 15 is 0 Å². The van der Waals surface area contributed by atoms with Gasteiger partial charge in [0.25, 0.3) is 0 Å². The van der Waals surface area contributed by atoms with Crippen molar-refractivity contribution in [2.45, 2.75) is 44.8 Å². The van der Waals surface area contributed by atoms with Crippen molar-refractivity contribution < 1.29 is 24.2 Å². The zero-order valence-electron chi connectivity index (χ0n) is 23.2. The Labute approximate surface area is 235 Å². The van der Waals surface area contributed by atoms with Gasteiger partial charge in [-0.2, -0.15) is 0 Å². The van der Waals surface area contributed by atoms with Gasteiger partial charge in [0, 0.05) is 19.0 Å². The Kier molecular flexibility index (Phi) is 9.56. The van der Waals surface area contributed by atoms with E-state index in [2.05, 4.69) is 22.8 Å². The second-order valence-corrected chi connectivity index (χ2v) is 10.7. The predicted molar refractivity (Wildman–Crippen MR) is 154 cm³/mol. The summed E-state index contributed by atoms with van der Waals surface area (Å²) in [5, 5.41) is 15.1. The van der Waals surface area contributed by atoms with E-state index in [1.165, 1.54) is 0 Å². The van der Waals surface area contributed by atoms with Crippen molar-refractivity contribution in [1.29, 1.82) is 0 Å². The van der Waals surface area contributed by atoms with Gasteiger partial charge in [-0.15, -0.1) is 0 Å². The largest absolute Gasteiger partial charge is 0.480 e. The van der Waals surface area contributed by atoms with Crippen molar-refractivity contribution in [2.24, 2.45) is 5.92 Å². The highest BCUT2D eigenvalue weighted by atomic mass is 16.5. The first-order valence-electron chi connectivity index (χ1n) is 13.6. The van der Waals surface area contributed by atoms with E-state index in [9.17, 15) is 19.5 Å². The number of rotatable bonds is 12. The van der Waals surface area contributed by atoms with Crippen molar-refractivity contribution in [3.8, 4) is 11.1 Å². The van der Waals surface area contributed by atoms with E-state index in [4.69, 9.17) is 4.74 Å². The maximum absolute atomic E-state index is 13.2. The number of benzene rings is 3. The van der Waals surface area contributed by atoms with Crippen LogP contribution in [0.25, 0.3) is 11.1 Å². The summed E-state index contributed by atoms with van der Waals surface area (Å²) in [6.07, 6.45) is -0.377. The van der Waals surface area contributed by atoms with Gasteiger partial charge in [-0.05, 0) is 47.2 Å². The molecule has 0 fully saturated rings. The van der Waals surface area contributed by atoms with Crippen molar-refractivity contribution in [3.05, 3.63) is 95.6 Å². The molecule has 0 spiro atoms. The van der Waals surface area contributed by atoms with Crippen molar-refractivity contribution in [2.75, 3.05) is 20.2 Å². The molecule has 4 rings (SSSR count). The highest BCUT2D eigenvalue weighted by Gasteiger charge is 2.31. The minimum Gasteiger partial charge on any atom is -0.480 e. The third-order valence-corrected chi connectivity index (χ3v) is 7.06. The lowest BCUT2D eigenvalue weighted by atomic mass is 9.98. The lowest BCUT2D eigenvalue weighted by Gasteiger charge is -2.25. The second-order valence-electron chi connectivity index (χ2n) is 10.7. The molecule has 0 aliphatic heterocycles. The molecule has 3 N–H and O–H groups in total. The number of nitrogens with zero attached hydrogens (tertiary/aromatic N) is 1. The van der Waals surface area contributed by atoms with Crippen molar-refractivity contribution in [3.63, 3.8) is 0 Å². The topological polar surface area (TPSA) is 108 Å². The Morgan fingerprint density at radius 1 is 0.850 bits per heavy atom. The van der Waals surface area contributed by atoms with Crippen molar-refractivity contribution in [1.82, 2.24) is 15.5 Å². The molecule has 1 unspecified atom stereocenters. The van der Waals surface area contributed by atoms with Gasteiger partial charge in [0.1, 0.15) is 18.7 Å². The van der Waals surface area contributed by atoms with Crippen LogP contribution in [-0.2, 0) is 20.9 Å².